The fourth-order valence-electron chi connectivity index (χ4n) is 8.00. The molecule has 12 heteroatoms. The van der Waals surface area contributed by atoms with E-state index in [1.165, 1.54) is 199 Å². The minimum absolute atomic E-state index is 0.166. The van der Waals surface area contributed by atoms with Gasteiger partial charge in [-0.2, -0.15) is 0 Å². The fourth-order valence-corrected chi connectivity index (χ4v) is 8.78. The first-order chi connectivity index (χ1) is 31.6. The average Bonchev–Trinajstić information content (AvgIpc) is 3.28. The van der Waals surface area contributed by atoms with Gasteiger partial charge in [0.05, 0.1) is 13.2 Å². The minimum atomic E-state index is -4.72. The highest BCUT2D eigenvalue weighted by Crippen LogP contribution is 2.43. The van der Waals surface area contributed by atoms with Crippen molar-refractivity contribution >= 4 is 25.7 Å². The van der Waals surface area contributed by atoms with E-state index >= 15 is 0 Å². The molecular weight excluding hydrogens is 842 g/mol. The SMILES string of the molecule is CCCCCCCC/C=C/CCCCCCCCCCCCCC(=O)O[C@H](COC(=O)CCCCCCCCCCCCCCCCCCCCCC)COP(=O)(O)OC[C@H](N)C(=O)O. The maximum Gasteiger partial charge on any atom is 0.472 e. The van der Waals surface area contributed by atoms with Gasteiger partial charge in [0.15, 0.2) is 6.10 Å². The Morgan fingerprint density at radius 1 is 0.462 bits per heavy atom. The molecule has 0 aromatic carbocycles. The van der Waals surface area contributed by atoms with Gasteiger partial charge in [0.2, 0.25) is 0 Å². The van der Waals surface area contributed by atoms with Gasteiger partial charge >= 0.3 is 25.7 Å². The number of phosphoric acid groups is 1. The number of aliphatic carboxylic acids is 1. The number of carboxylic acid groups (broad SMARTS) is 1. The molecule has 0 rings (SSSR count). The predicted octanol–water partition coefficient (Wildman–Crippen LogP) is 15.6. The summed E-state index contributed by atoms with van der Waals surface area (Å²) in [6.45, 7) is 2.87. The Balaban J connectivity index is 4.17. The molecule has 0 aromatic rings. The molecular formula is C53H102NO10P. The van der Waals surface area contributed by atoms with Gasteiger partial charge in [0.25, 0.3) is 0 Å². The topological polar surface area (TPSA) is 172 Å². The smallest absolute Gasteiger partial charge is 0.472 e. The van der Waals surface area contributed by atoms with Crippen molar-refractivity contribution in [2.75, 3.05) is 19.8 Å². The van der Waals surface area contributed by atoms with Crippen LogP contribution in [-0.4, -0.2) is 59.9 Å². The summed E-state index contributed by atoms with van der Waals surface area (Å²) in [6, 6.07) is -1.52. The highest BCUT2D eigenvalue weighted by atomic mass is 31.2. The molecule has 0 saturated heterocycles. The number of esters is 2. The molecule has 0 aliphatic heterocycles. The molecule has 1 unspecified atom stereocenters. The van der Waals surface area contributed by atoms with Gasteiger partial charge in [-0.05, 0) is 38.5 Å². The molecule has 0 saturated carbocycles. The third-order valence-corrected chi connectivity index (χ3v) is 13.2. The summed E-state index contributed by atoms with van der Waals surface area (Å²) in [5.74, 6) is -2.35. The summed E-state index contributed by atoms with van der Waals surface area (Å²) in [5, 5.41) is 8.93. The second kappa shape index (κ2) is 48.7. The zero-order valence-corrected chi connectivity index (χ0v) is 43.0. The summed E-state index contributed by atoms with van der Waals surface area (Å²) in [6.07, 6.45) is 52.7. The van der Waals surface area contributed by atoms with Crippen LogP contribution in [0.15, 0.2) is 12.2 Å². The number of hydrogen-bond donors (Lipinski definition) is 3. The minimum Gasteiger partial charge on any atom is -0.480 e. The van der Waals surface area contributed by atoms with Crippen LogP contribution in [0.3, 0.4) is 0 Å². The molecule has 0 amide bonds. The molecule has 11 nitrogen and oxygen atoms in total. The van der Waals surface area contributed by atoms with E-state index in [9.17, 15) is 23.8 Å². The Hall–Kier alpha value is -1.78. The molecule has 3 atom stereocenters. The van der Waals surface area contributed by atoms with Crippen molar-refractivity contribution in [1.82, 2.24) is 0 Å². The Labute approximate surface area is 398 Å². The van der Waals surface area contributed by atoms with Crippen LogP contribution in [0.1, 0.15) is 277 Å². The van der Waals surface area contributed by atoms with E-state index < -0.39 is 51.1 Å². The molecule has 65 heavy (non-hydrogen) atoms. The van der Waals surface area contributed by atoms with Crippen molar-refractivity contribution in [2.45, 2.75) is 289 Å². The molecule has 0 heterocycles. The van der Waals surface area contributed by atoms with E-state index in [-0.39, 0.29) is 19.4 Å². The van der Waals surface area contributed by atoms with Crippen LogP contribution in [0.5, 0.6) is 0 Å². The Bertz CT molecular complexity index is 1150. The van der Waals surface area contributed by atoms with Crippen molar-refractivity contribution < 1.29 is 47.5 Å². The first-order valence-corrected chi connectivity index (χ1v) is 28.7. The summed E-state index contributed by atoms with van der Waals surface area (Å²) >= 11 is 0. The van der Waals surface area contributed by atoms with E-state index in [1.54, 1.807) is 0 Å². The molecule has 0 aromatic heterocycles. The summed E-state index contributed by atoms with van der Waals surface area (Å²) in [5.41, 5.74) is 5.36. The lowest BCUT2D eigenvalue weighted by Gasteiger charge is -2.20. The number of hydrogen-bond acceptors (Lipinski definition) is 9. The standard InChI is InChI=1S/C53H102NO10P/c1-3-5-7-9-11-13-15-17-19-21-23-25-27-29-31-33-35-37-39-41-43-45-52(56)64-49(47-62-65(59,60)63-48-50(54)53(57)58)46-61-51(55)44-42-40-38-36-34-32-30-28-26-24-22-20-18-16-14-12-10-8-6-4-2/h17,19,49-50H,3-16,18,20-48,54H2,1-2H3,(H,57,58)(H,59,60)/b19-17+/t49-,50+/m1/s1. The van der Waals surface area contributed by atoms with Gasteiger partial charge < -0.3 is 25.2 Å². The molecule has 0 aliphatic carbocycles. The quantitative estimate of drug-likeness (QED) is 0.0229. The predicted molar refractivity (Wildman–Crippen MR) is 268 cm³/mol. The molecule has 0 bridgehead atoms. The lowest BCUT2D eigenvalue weighted by Crippen LogP contribution is -2.34. The zero-order chi connectivity index (χ0) is 47.7. The molecule has 4 N–H and O–H groups in total. The monoisotopic (exact) mass is 944 g/mol. The van der Waals surface area contributed by atoms with Gasteiger partial charge in [-0.15, -0.1) is 0 Å². The summed E-state index contributed by atoms with van der Waals surface area (Å²) in [7, 11) is -4.72. The number of carbonyl (C=O) groups excluding carboxylic acids is 2. The van der Waals surface area contributed by atoms with E-state index in [4.69, 9.17) is 29.4 Å². The highest BCUT2D eigenvalue weighted by molar-refractivity contribution is 7.47. The van der Waals surface area contributed by atoms with Crippen LogP contribution >= 0.6 is 7.82 Å². The number of rotatable bonds is 52. The third kappa shape index (κ3) is 48.5. The van der Waals surface area contributed by atoms with Crippen molar-refractivity contribution in [3.63, 3.8) is 0 Å². The number of carbonyl (C=O) groups is 3. The van der Waals surface area contributed by atoms with Gasteiger partial charge in [-0.3, -0.25) is 23.4 Å². The van der Waals surface area contributed by atoms with Crippen LogP contribution < -0.4 is 5.73 Å². The maximum absolute atomic E-state index is 12.7. The molecule has 0 fully saturated rings. The lowest BCUT2D eigenvalue weighted by atomic mass is 10.0. The van der Waals surface area contributed by atoms with Gasteiger partial charge in [-0.1, -0.05) is 238 Å². The fraction of sp³-hybridized carbons (Fsp3) is 0.906. The Kier molecular flexibility index (Phi) is 47.3. The number of phosphoric ester groups is 1. The molecule has 0 aliphatic rings. The Morgan fingerprint density at radius 2 is 0.769 bits per heavy atom. The van der Waals surface area contributed by atoms with E-state index in [0.717, 1.165) is 38.5 Å². The Morgan fingerprint density at radius 3 is 1.12 bits per heavy atom. The summed E-state index contributed by atoms with van der Waals surface area (Å²) < 4.78 is 32.9. The second-order valence-electron chi connectivity index (χ2n) is 18.7. The number of nitrogens with two attached hydrogens (primary N) is 1. The summed E-state index contributed by atoms with van der Waals surface area (Å²) in [4.78, 5) is 46.3. The number of carboxylic acids is 1. The van der Waals surface area contributed by atoms with Crippen LogP contribution in [0.25, 0.3) is 0 Å². The maximum atomic E-state index is 12.7. The third-order valence-electron chi connectivity index (χ3n) is 12.3. The number of unbranched alkanes of at least 4 members (excludes halogenated alkanes) is 36. The van der Waals surface area contributed by atoms with Crippen LogP contribution in [-0.2, 0) is 37.5 Å². The second-order valence-corrected chi connectivity index (χ2v) is 20.2. The lowest BCUT2D eigenvalue weighted by molar-refractivity contribution is -0.161. The molecule has 384 valence electrons. The zero-order valence-electron chi connectivity index (χ0n) is 42.1. The average molecular weight is 944 g/mol. The van der Waals surface area contributed by atoms with Crippen LogP contribution in [0.4, 0.5) is 0 Å². The van der Waals surface area contributed by atoms with Gasteiger partial charge in [0.1, 0.15) is 12.6 Å². The number of allylic oxidation sites excluding steroid dienone is 2. The van der Waals surface area contributed by atoms with E-state index in [2.05, 4.69) is 26.0 Å². The van der Waals surface area contributed by atoms with Crippen molar-refractivity contribution in [3.8, 4) is 0 Å². The molecule has 0 spiro atoms. The normalized spacial score (nSPS) is 13.5. The van der Waals surface area contributed by atoms with Crippen molar-refractivity contribution in [3.05, 3.63) is 12.2 Å². The van der Waals surface area contributed by atoms with Crippen LogP contribution in [0, 0.1) is 0 Å². The van der Waals surface area contributed by atoms with E-state index in [0.29, 0.717) is 12.8 Å². The largest absolute Gasteiger partial charge is 0.480 e. The van der Waals surface area contributed by atoms with E-state index in [1.807, 2.05) is 0 Å². The van der Waals surface area contributed by atoms with Gasteiger partial charge in [-0.25, -0.2) is 4.57 Å². The van der Waals surface area contributed by atoms with Gasteiger partial charge in [0, 0.05) is 12.8 Å². The van der Waals surface area contributed by atoms with Crippen molar-refractivity contribution in [1.29, 1.82) is 0 Å². The molecule has 0 radical (unpaired) electrons. The van der Waals surface area contributed by atoms with Crippen molar-refractivity contribution in [2.24, 2.45) is 5.73 Å². The first-order valence-electron chi connectivity index (χ1n) is 27.2. The highest BCUT2D eigenvalue weighted by Gasteiger charge is 2.28. The number of ether oxygens (including phenoxy) is 2. The first kappa shape index (κ1) is 63.2. The van der Waals surface area contributed by atoms with Crippen LogP contribution in [0.2, 0.25) is 0 Å².